The maximum absolute atomic E-state index is 11.9. The van der Waals surface area contributed by atoms with Gasteiger partial charge in [-0.2, -0.15) is 0 Å². The van der Waals surface area contributed by atoms with Crippen LogP contribution in [0.5, 0.6) is 0 Å². The third-order valence-electron chi connectivity index (χ3n) is 2.85. The van der Waals surface area contributed by atoms with Gasteiger partial charge in [0.25, 0.3) is 0 Å². The molecule has 0 radical (unpaired) electrons. The lowest BCUT2D eigenvalue weighted by atomic mass is 10.2. The highest BCUT2D eigenvalue weighted by atomic mass is 16.6. The van der Waals surface area contributed by atoms with Crippen molar-refractivity contribution in [1.82, 2.24) is 10.9 Å². The van der Waals surface area contributed by atoms with Crippen LogP contribution in [0.1, 0.15) is 32.8 Å². The van der Waals surface area contributed by atoms with E-state index >= 15 is 0 Å². The summed E-state index contributed by atoms with van der Waals surface area (Å²) in [5, 5.41) is 0. The molecule has 0 unspecified atom stereocenters. The van der Waals surface area contributed by atoms with Gasteiger partial charge in [0.2, 0.25) is 0 Å². The Morgan fingerprint density at radius 3 is 2.32 bits per heavy atom. The van der Waals surface area contributed by atoms with E-state index in [9.17, 15) is 14.4 Å². The van der Waals surface area contributed by atoms with Gasteiger partial charge in [-0.3, -0.25) is 15.0 Å². The molecule has 0 bridgehead atoms. The van der Waals surface area contributed by atoms with E-state index in [4.69, 9.17) is 9.47 Å². The van der Waals surface area contributed by atoms with Crippen LogP contribution in [0.4, 0.5) is 4.79 Å². The number of carbonyl (C=O) groups excluding carboxylic acids is 3. The van der Waals surface area contributed by atoms with Crippen LogP contribution in [0.25, 0.3) is 0 Å². The third-order valence-corrected chi connectivity index (χ3v) is 2.85. The van der Waals surface area contributed by atoms with Gasteiger partial charge in [0.1, 0.15) is 18.2 Å². The second kappa shape index (κ2) is 9.63. The molecule has 0 heterocycles. The lowest BCUT2D eigenvalue weighted by Gasteiger charge is -2.21. The van der Waals surface area contributed by atoms with E-state index in [1.165, 1.54) is 7.11 Å². The molecule has 0 aromatic heterocycles. The van der Waals surface area contributed by atoms with E-state index < -0.39 is 29.7 Å². The first kappa shape index (κ1) is 20.4. The summed E-state index contributed by atoms with van der Waals surface area (Å²) in [6.45, 7) is 5.19. The topological polar surface area (TPSA) is 103 Å². The predicted octanol–water partition coefficient (Wildman–Crippen LogP) is 1.69. The highest BCUT2D eigenvalue weighted by Gasteiger charge is 2.25. The number of hydrogen-bond acceptors (Lipinski definition) is 7. The number of ether oxygens (including phenoxy) is 3. The molecule has 1 rings (SSSR count). The molecule has 1 aromatic rings. The van der Waals surface area contributed by atoms with Gasteiger partial charge >= 0.3 is 18.0 Å². The molecule has 0 aliphatic heterocycles. The first-order valence-electron chi connectivity index (χ1n) is 7.73. The minimum atomic E-state index is -1.10. The zero-order chi connectivity index (χ0) is 18.9. The lowest BCUT2D eigenvalue weighted by molar-refractivity contribution is -0.152. The number of nitrogens with one attached hydrogen (secondary N) is 2. The Kier molecular flexibility index (Phi) is 7.87. The zero-order valence-electron chi connectivity index (χ0n) is 14.8. The molecule has 0 aliphatic rings. The Labute approximate surface area is 146 Å². The number of hydrazine groups is 1. The summed E-state index contributed by atoms with van der Waals surface area (Å²) >= 11 is 0. The van der Waals surface area contributed by atoms with E-state index in [2.05, 4.69) is 15.6 Å². The van der Waals surface area contributed by atoms with Gasteiger partial charge in [-0.05, 0) is 26.3 Å². The molecule has 8 heteroatoms. The highest BCUT2D eigenvalue weighted by molar-refractivity contribution is 5.83. The van der Waals surface area contributed by atoms with Gasteiger partial charge in [-0.25, -0.2) is 10.2 Å². The van der Waals surface area contributed by atoms with Crippen LogP contribution in [0, 0.1) is 0 Å². The Bertz CT molecular complexity index is 583. The van der Waals surface area contributed by atoms with E-state index in [-0.39, 0.29) is 13.0 Å². The molecule has 0 spiro atoms. The molecule has 1 aromatic carbocycles. The van der Waals surface area contributed by atoms with Crippen LogP contribution in [-0.4, -0.2) is 36.8 Å². The summed E-state index contributed by atoms with van der Waals surface area (Å²) in [6, 6.07) is 8.03. The maximum atomic E-state index is 11.9. The third kappa shape index (κ3) is 8.71. The predicted molar refractivity (Wildman–Crippen MR) is 89.2 cm³/mol. The first-order valence-corrected chi connectivity index (χ1v) is 7.73. The largest absolute Gasteiger partial charge is 0.468 e. The van der Waals surface area contributed by atoms with Crippen molar-refractivity contribution in [3.63, 3.8) is 0 Å². The van der Waals surface area contributed by atoms with Crippen molar-refractivity contribution in [3.8, 4) is 0 Å². The summed E-state index contributed by atoms with van der Waals surface area (Å²) in [5.74, 6) is -1.33. The van der Waals surface area contributed by atoms with Crippen LogP contribution in [0.2, 0.25) is 0 Å². The van der Waals surface area contributed by atoms with Gasteiger partial charge in [-0.1, -0.05) is 30.3 Å². The van der Waals surface area contributed by atoms with Gasteiger partial charge in [0.05, 0.1) is 13.5 Å². The monoisotopic (exact) mass is 352 g/mol. The Balaban J connectivity index is 2.50. The number of carbonyl (C=O) groups is 3. The molecular weight excluding hydrogens is 328 g/mol. The molecule has 0 saturated carbocycles. The van der Waals surface area contributed by atoms with E-state index in [1.54, 1.807) is 20.8 Å². The van der Waals surface area contributed by atoms with Crippen molar-refractivity contribution in [1.29, 1.82) is 0 Å². The Morgan fingerprint density at radius 1 is 1.12 bits per heavy atom. The molecule has 2 N–H and O–H groups in total. The second-order valence-corrected chi connectivity index (χ2v) is 6.20. The number of methoxy groups -OCH3 is 1. The minimum Gasteiger partial charge on any atom is -0.468 e. The smallest absolute Gasteiger partial charge is 0.422 e. The molecule has 1 atom stereocenters. The number of benzene rings is 1. The van der Waals surface area contributed by atoms with Crippen molar-refractivity contribution in [2.45, 2.75) is 45.4 Å². The fraction of sp³-hybridized carbons (Fsp3) is 0.471. The molecule has 25 heavy (non-hydrogen) atoms. The second-order valence-electron chi connectivity index (χ2n) is 6.20. The average molecular weight is 352 g/mol. The summed E-state index contributed by atoms with van der Waals surface area (Å²) in [4.78, 5) is 35.2. The maximum Gasteiger partial charge on any atom is 0.422 e. The number of hydrogen-bond donors (Lipinski definition) is 2. The van der Waals surface area contributed by atoms with Crippen molar-refractivity contribution in [2.75, 3.05) is 7.11 Å². The Morgan fingerprint density at radius 2 is 1.76 bits per heavy atom. The fourth-order valence-electron chi connectivity index (χ4n) is 1.75. The van der Waals surface area contributed by atoms with Crippen molar-refractivity contribution < 1.29 is 28.6 Å². The SMILES string of the molecule is COC(=O)[C@@H](CC(=O)OCc1ccccc1)NNC(=O)OC(C)(C)C. The molecule has 138 valence electrons. The van der Waals surface area contributed by atoms with E-state index in [1.807, 2.05) is 30.3 Å². The van der Waals surface area contributed by atoms with Crippen LogP contribution in [0.15, 0.2) is 30.3 Å². The molecule has 0 fully saturated rings. The number of esters is 2. The average Bonchev–Trinajstić information content (AvgIpc) is 2.55. The van der Waals surface area contributed by atoms with E-state index in [0.717, 1.165) is 5.56 Å². The summed E-state index contributed by atoms with van der Waals surface area (Å²) in [5.41, 5.74) is 4.77. The fourth-order valence-corrected chi connectivity index (χ4v) is 1.75. The molecule has 8 nitrogen and oxygen atoms in total. The Hall–Kier alpha value is -2.61. The minimum absolute atomic E-state index is 0.0903. The summed E-state index contributed by atoms with van der Waals surface area (Å²) in [7, 11) is 1.18. The van der Waals surface area contributed by atoms with Gasteiger partial charge in [0, 0.05) is 0 Å². The molecular formula is C17H24N2O6. The lowest BCUT2D eigenvalue weighted by Crippen LogP contribution is -2.50. The standard InChI is InChI=1S/C17H24N2O6/c1-17(2,3)25-16(22)19-18-13(15(21)23-4)10-14(20)24-11-12-8-6-5-7-9-12/h5-9,13,18H,10-11H2,1-4H3,(H,19,22)/t13-/m1/s1. The van der Waals surface area contributed by atoms with Crippen molar-refractivity contribution in [2.24, 2.45) is 0 Å². The number of rotatable bonds is 7. The van der Waals surface area contributed by atoms with Crippen LogP contribution in [0.3, 0.4) is 0 Å². The van der Waals surface area contributed by atoms with Gasteiger partial charge in [0.15, 0.2) is 0 Å². The quantitative estimate of drug-likeness (QED) is 0.437. The van der Waals surface area contributed by atoms with Crippen LogP contribution < -0.4 is 10.9 Å². The normalized spacial score (nSPS) is 12.0. The molecule has 0 saturated heterocycles. The van der Waals surface area contributed by atoms with E-state index in [0.29, 0.717) is 0 Å². The zero-order valence-corrected chi connectivity index (χ0v) is 14.8. The molecule has 1 amide bonds. The summed E-state index contributed by atoms with van der Waals surface area (Å²) < 4.78 is 14.7. The first-order chi connectivity index (χ1) is 11.7. The van der Waals surface area contributed by atoms with Crippen LogP contribution >= 0.6 is 0 Å². The van der Waals surface area contributed by atoms with Gasteiger partial charge in [-0.15, -0.1) is 0 Å². The van der Waals surface area contributed by atoms with Gasteiger partial charge < -0.3 is 14.2 Å². The van der Waals surface area contributed by atoms with Crippen LogP contribution in [-0.2, 0) is 30.4 Å². The van der Waals surface area contributed by atoms with Crippen molar-refractivity contribution >= 4 is 18.0 Å². The highest BCUT2D eigenvalue weighted by Crippen LogP contribution is 2.07. The summed E-state index contributed by atoms with van der Waals surface area (Å²) in [6.07, 6.45) is -1.09. The van der Waals surface area contributed by atoms with Crippen molar-refractivity contribution in [3.05, 3.63) is 35.9 Å². The number of amides is 1. The molecule has 0 aliphatic carbocycles.